The second kappa shape index (κ2) is 8.27. The predicted molar refractivity (Wildman–Crippen MR) is 73.3 cm³/mol. The number of halogens is 4. The quantitative estimate of drug-likeness (QED) is 0.465. The number of urea groups is 1. The molecule has 2 amide bonds. The first-order valence-corrected chi connectivity index (χ1v) is 6.60. The summed E-state index contributed by atoms with van der Waals surface area (Å²) < 4.78 is 56.1. The van der Waals surface area contributed by atoms with Crippen LogP contribution in [0.5, 0.6) is 0 Å². The molecule has 0 aliphatic rings. The van der Waals surface area contributed by atoms with E-state index in [1.165, 1.54) is 0 Å². The van der Waals surface area contributed by atoms with Gasteiger partial charge in [0, 0.05) is 12.1 Å². The van der Waals surface area contributed by atoms with Gasteiger partial charge in [0.05, 0.1) is 19.2 Å². The van der Waals surface area contributed by atoms with E-state index in [9.17, 15) is 31.9 Å². The number of hydrogen-bond acceptors (Lipinski definition) is 4. The molecule has 6 nitrogen and oxygen atoms in total. The Hall–Kier alpha value is -2.65. The smallest absolute Gasteiger partial charge is 0.416 e. The highest BCUT2D eigenvalue weighted by Gasteiger charge is 2.34. The molecule has 24 heavy (non-hydrogen) atoms. The van der Waals surface area contributed by atoms with Crippen LogP contribution in [0.2, 0.25) is 0 Å². The summed E-state index contributed by atoms with van der Waals surface area (Å²) in [6.45, 7) is -1.25. The van der Waals surface area contributed by atoms with Gasteiger partial charge in [0.2, 0.25) is 0 Å². The lowest BCUT2D eigenvalue weighted by Gasteiger charge is -2.14. The van der Waals surface area contributed by atoms with Crippen molar-refractivity contribution in [3.8, 4) is 0 Å². The largest absolute Gasteiger partial charge is 0.469 e. The zero-order chi connectivity index (χ0) is 18.3. The van der Waals surface area contributed by atoms with Gasteiger partial charge in [-0.2, -0.15) is 13.2 Å². The average molecular weight is 350 g/mol. The molecule has 1 aromatic rings. The maximum Gasteiger partial charge on any atom is 0.416 e. The topological polar surface area (TPSA) is 84.5 Å². The van der Waals surface area contributed by atoms with E-state index in [1.54, 1.807) is 0 Å². The van der Waals surface area contributed by atoms with Crippen molar-refractivity contribution in [2.24, 2.45) is 0 Å². The SMILES string of the molecule is COC(=O)CC(=O)CNC(=O)NCc1c(F)cccc1C(F)(F)F. The Kier molecular flexibility index (Phi) is 6.69. The van der Waals surface area contributed by atoms with Crippen molar-refractivity contribution in [1.82, 2.24) is 10.6 Å². The van der Waals surface area contributed by atoms with Crippen molar-refractivity contribution in [3.63, 3.8) is 0 Å². The summed E-state index contributed by atoms with van der Waals surface area (Å²) in [6.07, 6.45) is -5.33. The van der Waals surface area contributed by atoms with Crippen LogP contribution in [0.1, 0.15) is 17.5 Å². The summed E-state index contributed by atoms with van der Waals surface area (Å²) in [5.41, 5.74) is -1.93. The van der Waals surface area contributed by atoms with Gasteiger partial charge in [-0.25, -0.2) is 9.18 Å². The summed E-state index contributed by atoms with van der Waals surface area (Å²) in [4.78, 5) is 33.6. The van der Waals surface area contributed by atoms with Gasteiger partial charge in [0.15, 0.2) is 5.78 Å². The molecule has 0 saturated carbocycles. The number of methoxy groups -OCH3 is 1. The fraction of sp³-hybridized carbons (Fsp3) is 0.357. The van der Waals surface area contributed by atoms with Crippen LogP contribution in [0.15, 0.2) is 18.2 Å². The minimum Gasteiger partial charge on any atom is -0.469 e. The molecular formula is C14H14F4N2O4. The van der Waals surface area contributed by atoms with Crippen LogP contribution < -0.4 is 10.6 Å². The lowest BCUT2D eigenvalue weighted by Crippen LogP contribution is -2.39. The maximum atomic E-state index is 13.6. The van der Waals surface area contributed by atoms with Crippen LogP contribution in [0.25, 0.3) is 0 Å². The third-order valence-corrected chi connectivity index (χ3v) is 2.87. The zero-order valence-corrected chi connectivity index (χ0v) is 12.5. The van der Waals surface area contributed by atoms with Gasteiger partial charge in [-0.15, -0.1) is 0 Å². The molecule has 10 heteroatoms. The second-order valence-corrected chi connectivity index (χ2v) is 4.59. The third kappa shape index (κ3) is 5.86. The molecule has 0 saturated heterocycles. The normalized spacial score (nSPS) is 10.9. The van der Waals surface area contributed by atoms with E-state index in [2.05, 4.69) is 4.74 Å². The lowest BCUT2D eigenvalue weighted by molar-refractivity contribution is -0.143. The number of hydrogen-bond donors (Lipinski definition) is 2. The van der Waals surface area contributed by atoms with Crippen LogP contribution in [0.4, 0.5) is 22.4 Å². The van der Waals surface area contributed by atoms with Gasteiger partial charge in [-0.3, -0.25) is 9.59 Å². The fourth-order valence-corrected chi connectivity index (χ4v) is 1.71. The lowest BCUT2D eigenvalue weighted by atomic mass is 10.1. The molecule has 0 radical (unpaired) electrons. The predicted octanol–water partition coefficient (Wildman–Crippen LogP) is 1.78. The van der Waals surface area contributed by atoms with Crippen molar-refractivity contribution in [1.29, 1.82) is 0 Å². The average Bonchev–Trinajstić information content (AvgIpc) is 2.50. The summed E-state index contributed by atoms with van der Waals surface area (Å²) in [7, 11) is 1.09. The molecule has 0 unspecified atom stereocenters. The van der Waals surface area contributed by atoms with Crippen LogP contribution >= 0.6 is 0 Å². The number of ketones is 1. The number of ether oxygens (including phenoxy) is 1. The first-order valence-electron chi connectivity index (χ1n) is 6.60. The Labute approximate surface area is 134 Å². The highest BCUT2D eigenvalue weighted by Crippen LogP contribution is 2.32. The standard InChI is InChI=1S/C14H14F4N2O4/c1-24-12(22)5-8(21)6-19-13(23)20-7-9-10(14(16,17)18)3-2-4-11(9)15/h2-4H,5-7H2,1H3,(H2,19,20,23). The Morgan fingerprint density at radius 2 is 1.83 bits per heavy atom. The van der Waals surface area contributed by atoms with E-state index in [-0.39, 0.29) is 0 Å². The van der Waals surface area contributed by atoms with Crippen molar-refractivity contribution in [2.75, 3.05) is 13.7 Å². The molecule has 0 spiro atoms. The van der Waals surface area contributed by atoms with E-state index in [0.29, 0.717) is 6.07 Å². The Bertz CT molecular complexity index is 632. The number of carbonyl (C=O) groups is 3. The van der Waals surface area contributed by atoms with Crippen molar-refractivity contribution in [2.45, 2.75) is 19.1 Å². The zero-order valence-electron chi connectivity index (χ0n) is 12.5. The second-order valence-electron chi connectivity index (χ2n) is 4.59. The van der Waals surface area contributed by atoms with Gasteiger partial charge >= 0.3 is 18.2 Å². The van der Waals surface area contributed by atoms with E-state index in [0.717, 1.165) is 19.2 Å². The van der Waals surface area contributed by atoms with Gasteiger partial charge in [-0.05, 0) is 12.1 Å². The van der Waals surface area contributed by atoms with E-state index in [4.69, 9.17) is 0 Å². The molecule has 132 valence electrons. The highest BCUT2D eigenvalue weighted by atomic mass is 19.4. The minimum absolute atomic E-state index is 0.523. The van der Waals surface area contributed by atoms with Gasteiger partial charge in [-0.1, -0.05) is 6.07 Å². The molecule has 0 heterocycles. The van der Waals surface area contributed by atoms with Gasteiger partial charge in [0.25, 0.3) is 0 Å². The summed E-state index contributed by atoms with van der Waals surface area (Å²) >= 11 is 0. The Balaban J connectivity index is 2.60. The van der Waals surface area contributed by atoms with Crippen molar-refractivity contribution < 1.29 is 36.7 Å². The molecule has 2 N–H and O–H groups in total. The molecule has 0 fully saturated rings. The summed E-state index contributed by atoms with van der Waals surface area (Å²) in [5.74, 6) is -2.56. The third-order valence-electron chi connectivity index (χ3n) is 2.87. The Morgan fingerprint density at radius 3 is 2.42 bits per heavy atom. The number of rotatable bonds is 6. The number of alkyl halides is 3. The van der Waals surface area contributed by atoms with Crippen molar-refractivity contribution >= 4 is 17.8 Å². The molecule has 0 aliphatic carbocycles. The molecule has 1 rings (SSSR count). The fourth-order valence-electron chi connectivity index (χ4n) is 1.71. The number of Topliss-reactive ketones (excluding diaryl/α,β-unsaturated/α-hetero) is 1. The number of benzene rings is 1. The van der Waals surface area contributed by atoms with Crippen LogP contribution in [0.3, 0.4) is 0 Å². The van der Waals surface area contributed by atoms with E-state index >= 15 is 0 Å². The number of nitrogens with one attached hydrogen (secondary N) is 2. The number of carbonyl (C=O) groups excluding carboxylic acids is 3. The van der Waals surface area contributed by atoms with E-state index in [1.807, 2.05) is 10.6 Å². The molecule has 1 aromatic carbocycles. The van der Waals surface area contributed by atoms with Crippen molar-refractivity contribution in [3.05, 3.63) is 35.1 Å². The molecule has 0 atom stereocenters. The summed E-state index contributed by atoms with van der Waals surface area (Å²) in [6, 6.07) is 1.46. The first-order chi connectivity index (χ1) is 11.1. The number of amides is 2. The van der Waals surface area contributed by atoms with Crippen LogP contribution in [0, 0.1) is 5.82 Å². The van der Waals surface area contributed by atoms with Crippen LogP contribution in [-0.4, -0.2) is 31.4 Å². The summed E-state index contributed by atoms with van der Waals surface area (Å²) in [5, 5.41) is 4.07. The van der Waals surface area contributed by atoms with Crippen LogP contribution in [-0.2, 0) is 27.0 Å². The van der Waals surface area contributed by atoms with Gasteiger partial charge in [0.1, 0.15) is 12.2 Å². The Morgan fingerprint density at radius 1 is 1.17 bits per heavy atom. The molecular weight excluding hydrogens is 336 g/mol. The first kappa shape index (κ1) is 19.4. The van der Waals surface area contributed by atoms with E-state index < -0.39 is 60.4 Å². The monoisotopic (exact) mass is 350 g/mol. The molecule has 0 aliphatic heterocycles. The van der Waals surface area contributed by atoms with Gasteiger partial charge < -0.3 is 15.4 Å². The highest BCUT2D eigenvalue weighted by molar-refractivity contribution is 5.97. The molecule has 0 aromatic heterocycles. The molecule has 0 bridgehead atoms. The number of esters is 1. The minimum atomic E-state index is -4.77. The maximum absolute atomic E-state index is 13.6.